The van der Waals surface area contributed by atoms with Crippen LogP contribution in [0.25, 0.3) is 0 Å². The molecule has 0 amide bonds. The minimum Gasteiger partial charge on any atom is -0.359 e. The van der Waals surface area contributed by atoms with Gasteiger partial charge in [-0.2, -0.15) is 0 Å². The first-order valence-corrected chi connectivity index (χ1v) is 6.41. The highest BCUT2D eigenvalue weighted by Crippen LogP contribution is 2.22. The molecule has 1 fully saturated rings. The van der Waals surface area contributed by atoms with Gasteiger partial charge in [0, 0.05) is 17.5 Å². The van der Waals surface area contributed by atoms with Crippen LogP contribution in [0.15, 0.2) is 23.3 Å². The van der Waals surface area contributed by atoms with E-state index >= 15 is 0 Å². The predicted octanol–water partition coefficient (Wildman–Crippen LogP) is 2.36. The highest BCUT2D eigenvalue weighted by molar-refractivity contribution is 8.14. The molecule has 1 aliphatic rings. The Morgan fingerprint density at radius 1 is 1.56 bits per heavy atom. The van der Waals surface area contributed by atoms with Crippen molar-refractivity contribution in [3.05, 3.63) is 29.6 Å². The number of rotatable bonds is 2. The first-order chi connectivity index (χ1) is 7.57. The molecule has 0 aromatic carbocycles. The smallest absolute Gasteiger partial charge is 0.157 e. The van der Waals surface area contributed by atoms with Gasteiger partial charge in [-0.05, 0) is 32.4 Å². The molecule has 0 aliphatic carbocycles. The Labute approximate surface area is 101 Å². The van der Waals surface area contributed by atoms with E-state index in [0.29, 0.717) is 6.54 Å². The molecule has 0 radical (unpaired) electrons. The van der Waals surface area contributed by atoms with Crippen molar-refractivity contribution in [2.24, 2.45) is 4.99 Å². The second-order valence-corrected chi connectivity index (χ2v) is 5.65. The lowest BCUT2D eigenvalue weighted by molar-refractivity contribution is 0.536. The molecule has 0 saturated carbocycles. The van der Waals surface area contributed by atoms with Crippen molar-refractivity contribution < 1.29 is 0 Å². The van der Waals surface area contributed by atoms with Crippen LogP contribution in [0.2, 0.25) is 0 Å². The number of thioether (sulfide) groups is 1. The molecule has 0 bridgehead atoms. The molecule has 0 atom stereocenters. The van der Waals surface area contributed by atoms with Gasteiger partial charge in [0.15, 0.2) is 5.17 Å². The van der Waals surface area contributed by atoms with Gasteiger partial charge >= 0.3 is 0 Å². The zero-order valence-electron chi connectivity index (χ0n) is 9.95. The quantitative estimate of drug-likeness (QED) is 0.855. The van der Waals surface area contributed by atoms with E-state index in [-0.39, 0.29) is 5.54 Å². The minimum absolute atomic E-state index is 0.169. The lowest BCUT2D eigenvalue weighted by atomic mass is 10.1. The van der Waals surface area contributed by atoms with Crippen molar-refractivity contribution in [2.45, 2.75) is 32.9 Å². The Kier molecular flexibility index (Phi) is 3.19. The fraction of sp³-hybridized carbons (Fsp3) is 0.500. The molecule has 2 rings (SSSR count). The summed E-state index contributed by atoms with van der Waals surface area (Å²) in [5.74, 6) is 1.08. The van der Waals surface area contributed by atoms with Crippen LogP contribution < -0.4 is 5.32 Å². The van der Waals surface area contributed by atoms with Gasteiger partial charge in [-0.25, -0.2) is 0 Å². The van der Waals surface area contributed by atoms with E-state index in [9.17, 15) is 0 Å². The Morgan fingerprint density at radius 3 is 3.00 bits per heavy atom. The summed E-state index contributed by atoms with van der Waals surface area (Å²) in [6.07, 6.45) is 1.82. The number of nitrogens with zero attached hydrogens (tertiary/aromatic N) is 2. The van der Waals surface area contributed by atoms with Crippen LogP contribution in [0.5, 0.6) is 0 Å². The SMILES string of the molecule is Cc1cccnc1CN=C1NC(C)(C)CS1. The first-order valence-electron chi connectivity index (χ1n) is 5.43. The third-order valence-electron chi connectivity index (χ3n) is 2.51. The van der Waals surface area contributed by atoms with Gasteiger partial charge in [0.25, 0.3) is 0 Å². The monoisotopic (exact) mass is 235 g/mol. The Balaban J connectivity index is 2.03. The second kappa shape index (κ2) is 4.45. The number of aromatic nitrogens is 1. The van der Waals surface area contributed by atoms with Crippen LogP contribution in [0.1, 0.15) is 25.1 Å². The number of aliphatic imine (C=N–C) groups is 1. The summed E-state index contributed by atoms with van der Waals surface area (Å²) in [5.41, 5.74) is 2.43. The van der Waals surface area contributed by atoms with E-state index in [1.807, 2.05) is 12.3 Å². The van der Waals surface area contributed by atoms with E-state index in [4.69, 9.17) is 0 Å². The Morgan fingerprint density at radius 2 is 2.38 bits per heavy atom. The maximum atomic E-state index is 4.56. The van der Waals surface area contributed by atoms with Gasteiger partial charge in [-0.3, -0.25) is 9.98 Å². The van der Waals surface area contributed by atoms with Crippen molar-refractivity contribution in [3.8, 4) is 0 Å². The van der Waals surface area contributed by atoms with E-state index in [0.717, 1.165) is 16.6 Å². The average Bonchev–Trinajstić information content (AvgIpc) is 2.57. The molecule has 86 valence electrons. The molecule has 0 spiro atoms. The molecule has 1 N–H and O–H groups in total. The summed E-state index contributed by atoms with van der Waals surface area (Å²) in [7, 11) is 0. The van der Waals surface area contributed by atoms with Gasteiger partial charge in [0.2, 0.25) is 0 Å². The van der Waals surface area contributed by atoms with Gasteiger partial charge in [-0.1, -0.05) is 17.8 Å². The van der Waals surface area contributed by atoms with Crippen LogP contribution in [-0.4, -0.2) is 21.4 Å². The van der Waals surface area contributed by atoms with Gasteiger partial charge in [0.1, 0.15) is 0 Å². The number of nitrogens with one attached hydrogen (secondary N) is 1. The number of hydrogen-bond acceptors (Lipinski definition) is 3. The molecule has 0 unspecified atom stereocenters. The molecule has 2 heterocycles. The molecular formula is C12H17N3S. The van der Waals surface area contributed by atoms with E-state index < -0.39 is 0 Å². The summed E-state index contributed by atoms with van der Waals surface area (Å²) >= 11 is 1.79. The van der Waals surface area contributed by atoms with Crippen LogP contribution in [0.3, 0.4) is 0 Å². The molecule has 1 saturated heterocycles. The molecule has 1 aromatic rings. The van der Waals surface area contributed by atoms with Crippen molar-refractivity contribution >= 4 is 16.9 Å². The largest absolute Gasteiger partial charge is 0.359 e. The van der Waals surface area contributed by atoms with Crippen LogP contribution in [0.4, 0.5) is 0 Å². The number of pyridine rings is 1. The Bertz CT molecular complexity index is 412. The standard InChI is InChI=1S/C12H17N3S/c1-9-5-4-6-13-10(9)7-14-11-15-12(2,3)8-16-11/h4-6H,7-8H2,1-3H3,(H,14,15). The van der Waals surface area contributed by atoms with Crippen molar-refractivity contribution in [2.75, 3.05) is 5.75 Å². The second-order valence-electron chi connectivity index (χ2n) is 4.69. The minimum atomic E-state index is 0.169. The average molecular weight is 235 g/mol. The molecular weight excluding hydrogens is 218 g/mol. The summed E-state index contributed by atoms with van der Waals surface area (Å²) in [6.45, 7) is 7.11. The fourth-order valence-corrected chi connectivity index (χ4v) is 2.60. The summed E-state index contributed by atoms with van der Waals surface area (Å²) in [5, 5.41) is 4.44. The normalized spacial score (nSPS) is 21.1. The molecule has 4 heteroatoms. The molecule has 1 aromatic heterocycles. The van der Waals surface area contributed by atoms with Gasteiger partial charge in [-0.15, -0.1) is 0 Å². The lowest BCUT2D eigenvalue weighted by Gasteiger charge is -2.15. The van der Waals surface area contributed by atoms with Crippen molar-refractivity contribution in [1.29, 1.82) is 0 Å². The van der Waals surface area contributed by atoms with E-state index in [1.54, 1.807) is 11.8 Å². The number of amidine groups is 1. The summed E-state index contributed by atoms with van der Waals surface area (Å²) in [4.78, 5) is 8.89. The first kappa shape index (κ1) is 11.5. The summed E-state index contributed by atoms with van der Waals surface area (Å²) < 4.78 is 0. The number of aryl methyl sites for hydroxylation is 1. The van der Waals surface area contributed by atoms with Gasteiger partial charge in [0.05, 0.1) is 12.2 Å². The zero-order chi connectivity index (χ0) is 11.6. The van der Waals surface area contributed by atoms with E-state index in [1.165, 1.54) is 5.56 Å². The molecule has 3 nitrogen and oxygen atoms in total. The van der Waals surface area contributed by atoms with Crippen molar-refractivity contribution in [1.82, 2.24) is 10.3 Å². The highest BCUT2D eigenvalue weighted by atomic mass is 32.2. The number of hydrogen-bond donors (Lipinski definition) is 1. The van der Waals surface area contributed by atoms with Crippen LogP contribution in [-0.2, 0) is 6.54 Å². The Hall–Kier alpha value is -1.03. The maximum Gasteiger partial charge on any atom is 0.157 e. The molecule has 16 heavy (non-hydrogen) atoms. The summed E-state index contributed by atoms with van der Waals surface area (Å²) in [6, 6.07) is 4.03. The van der Waals surface area contributed by atoms with Crippen LogP contribution >= 0.6 is 11.8 Å². The zero-order valence-corrected chi connectivity index (χ0v) is 10.8. The van der Waals surface area contributed by atoms with E-state index in [2.05, 4.69) is 42.1 Å². The third-order valence-corrected chi connectivity index (χ3v) is 3.88. The fourth-order valence-electron chi connectivity index (χ4n) is 1.53. The van der Waals surface area contributed by atoms with Gasteiger partial charge < -0.3 is 5.32 Å². The maximum absolute atomic E-state index is 4.56. The molecule has 1 aliphatic heterocycles. The van der Waals surface area contributed by atoms with Crippen LogP contribution in [0, 0.1) is 6.92 Å². The lowest BCUT2D eigenvalue weighted by Crippen LogP contribution is -2.36. The highest BCUT2D eigenvalue weighted by Gasteiger charge is 2.27. The van der Waals surface area contributed by atoms with Crippen molar-refractivity contribution in [3.63, 3.8) is 0 Å². The predicted molar refractivity (Wildman–Crippen MR) is 69.8 cm³/mol. The third kappa shape index (κ3) is 2.76. The topological polar surface area (TPSA) is 37.3 Å².